The molecule has 0 saturated carbocycles. The van der Waals surface area contributed by atoms with E-state index in [0.29, 0.717) is 11.3 Å². The molecular formula is C13H11FN2O3. The number of para-hydroxylation sites is 1. The lowest BCUT2D eigenvalue weighted by Crippen LogP contribution is -1.99. The summed E-state index contributed by atoms with van der Waals surface area (Å²) in [5.41, 5.74) is 5.81. The van der Waals surface area contributed by atoms with Crippen LogP contribution in [-0.4, -0.2) is 4.92 Å². The summed E-state index contributed by atoms with van der Waals surface area (Å²) in [6.45, 7) is 1.65. The van der Waals surface area contributed by atoms with Gasteiger partial charge in [-0.05, 0) is 42.8 Å². The quantitative estimate of drug-likeness (QED) is 0.522. The second-order valence-electron chi connectivity index (χ2n) is 3.96. The Morgan fingerprint density at radius 1 is 1.26 bits per heavy atom. The first kappa shape index (κ1) is 12.8. The lowest BCUT2D eigenvalue weighted by molar-refractivity contribution is -0.384. The first-order chi connectivity index (χ1) is 8.99. The predicted octanol–water partition coefficient (Wildman–Crippen LogP) is 3.42. The Labute approximate surface area is 108 Å². The fourth-order valence-corrected chi connectivity index (χ4v) is 1.66. The highest BCUT2D eigenvalue weighted by atomic mass is 19.1. The van der Waals surface area contributed by atoms with Gasteiger partial charge in [0.05, 0.1) is 4.92 Å². The molecule has 0 aromatic heterocycles. The van der Waals surface area contributed by atoms with E-state index in [-0.39, 0.29) is 17.1 Å². The number of hydrogen-bond acceptors (Lipinski definition) is 4. The van der Waals surface area contributed by atoms with Crippen molar-refractivity contribution in [1.29, 1.82) is 0 Å². The van der Waals surface area contributed by atoms with Crippen molar-refractivity contribution in [3.05, 3.63) is 57.9 Å². The molecule has 6 heteroatoms. The Kier molecular flexibility index (Phi) is 3.33. The summed E-state index contributed by atoms with van der Waals surface area (Å²) >= 11 is 0. The number of nitro benzene ring substituents is 1. The highest BCUT2D eigenvalue weighted by Crippen LogP contribution is 2.36. The van der Waals surface area contributed by atoms with Gasteiger partial charge in [0.2, 0.25) is 5.75 Å². The first-order valence-electron chi connectivity index (χ1n) is 5.46. The third kappa shape index (κ3) is 2.62. The van der Waals surface area contributed by atoms with Gasteiger partial charge in [-0.15, -0.1) is 0 Å². The number of halogens is 1. The van der Waals surface area contributed by atoms with Gasteiger partial charge in [-0.25, -0.2) is 4.39 Å². The molecule has 0 atom stereocenters. The van der Waals surface area contributed by atoms with Crippen LogP contribution in [0.3, 0.4) is 0 Å². The van der Waals surface area contributed by atoms with Gasteiger partial charge in [0.25, 0.3) is 0 Å². The van der Waals surface area contributed by atoms with Crippen LogP contribution in [0, 0.1) is 22.9 Å². The van der Waals surface area contributed by atoms with Crippen LogP contribution in [0.2, 0.25) is 0 Å². The second kappa shape index (κ2) is 4.93. The van der Waals surface area contributed by atoms with Crippen LogP contribution in [-0.2, 0) is 0 Å². The predicted molar refractivity (Wildman–Crippen MR) is 68.7 cm³/mol. The van der Waals surface area contributed by atoms with Crippen molar-refractivity contribution in [1.82, 2.24) is 0 Å². The maximum atomic E-state index is 13.0. The molecule has 2 rings (SSSR count). The van der Waals surface area contributed by atoms with Gasteiger partial charge in [-0.3, -0.25) is 10.1 Å². The topological polar surface area (TPSA) is 78.4 Å². The number of nitrogen functional groups attached to an aromatic ring is 1. The zero-order valence-corrected chi connectivity index (χ0v) is 10.1. The molecule has 98 valence electrons. The van der Waals surface area contributed by atoms with E-state index >= 15 is 0 Å². The summed E-state index contributed by atoms with van der Waals surface area (Å²) in [4.78, 5) is 10.3. The van der Waals surface area contributed by atoms with Crippen molar-refractivity contribution in [2.75, 3.05) is 5.73 Å². The molecule has 0 aliphatic rings. The van der Waals surface area contributed by atoms with Gasteiger partial charge in [0, 0.05) is 0 Å². The molecule has 0 unspecified atom stereocenters. The lowest BCUT2D eigenvalue weighted by Gasteiger charge is -2.09. The lowest BCUT2D eigenvalue weighted by atomic mass is 10.2. The fraction of sp³-hybridized carbons (Fsp3) is 0.0769. The number of anilines is 1. The summed E-state index contributed by atoms with van der Waals surface area (Å²) in [7, 11) is 0. The van der Waals surface area contributed by atoms with E-state index in [4.69, 9.17) is 10.5 Å². The van der Waals surface area contributed by atoms with E-state index in [0.717, 1.165) is 0 Å². The van der Waals surface area contributed by atoms with Crippen molar-refractivity contribution < 1.29 is 14.1 Å². The number of rotatable bonds is 3. The molecular weight excluding hydrogens is 251 g/mol. The molecule has 5 nitrogen and oxygen atoms in total. The molecule has 0 saturated heterocycles. The van der Waals surface area contributed by atoms with Gasteiger partial charge in [-0.2, -0.15) is 0 Å². The average Bonchev–Trinajstić information content (AvgIpc) is 2.32. The summed E-state index contributed by atoms with van der Waals surface area (Å²) in [6, 6.07) is 8.34. The van der Waals surface area contributed by atoms with Crippen LogP contribution in [0.15, 0.2) is 36.4 Å². The Morgan fingerprint density at radius 3 is 2.63 bits per heavy atom. The van der Waals surface area contributed by atoms with Crippen LogP contribution < -0.4 is 10.5 Å². The van der Waals surface area contributed by atoms with Crippen molar-refractivity contribution in [3.8, 4) is 11.5 Å². The van der Waals surface area contributed by atoms with Crippen molar-refractivity contribution >= 4 is 11.4 Å². The monoisotopic (exact) mass is 262 g/mol. The highest BCUT2D eigenvalue weighted by molar-refractivity contribution is 5.66. The van der Waals surface area contributed by atoms with Crippen molar-refractivity contribution in [2.24, 2.45) is 0 Å². The van der Waals surface area contributed by atoms with E-state index in [2.05, 4.69) is 0 Å². The number of ether oxygens (including phenoxy) is 1. The molecule has 2 aromatic carbocycles. The minimum absolute atomic E-state index is 0.0160. The van der Waals surface area contributed by atoms with Crippen LogP contribution in [0.4, 0.5) is 15.8 Å². The smallest absolute Gasteiger partial charge is 0.334 e. The van der Waals surface area contributed by atoms with Crippen LogP contribution in [0.5, 0.6) is 11.5 Å². The maximum Gasteiger partial charge on any atom is 0.334 e. The summed E-state index contributed by atoms with van der Waals surface area (Å²) in [5.74, 6) is -0.0262. The molecule has 0 amide bonds. The molecule has 0 aliphatic heterocycles. The molecule has 0 radical (unpaired) electrons. The molecule has 0 spiro atoms. The molecule has 19 heavy (non-hydrogen) atoms. The Balaban J connectivity index is 2.44. The standard InChI is InChI=1S/C13H11FN2O3/c1-8-7-9(14)5-6-11(8)19-12-4-2-3-10(15)13(12)16(17)18/h2-7H,15H2,1H3. The van der Waals surface area contributed by atoms with Gasteiger partial charge >= 0.3 is 5.69 Å². The van der Waals surface area contributed by atoms with E-state index in [1.54, 1.807) is 13.0 Å². The summed E-state index contributed by atoms with van der Waals surface area (Å²) in [6.07, 6.45) is 0. The van der Waals surface area contributed by atoms with E-state index in [1.165, 1.54) is 30.3 Å². The third-order valence-corrected chi connectivity index (χ3v) is 2.57. The minimum atomic E-state index is -0.608. The first-order valence-corrected chi connectivity index (χ1v) is 5.46. The van der Waals surface area contributed by atoms with Gasteiger partial charge < -0.3 is 10.5 Å². The Morgan fingerprint density at radius 2 is 2.00 bits per heavy atom. The summed E-state index contributed by atoms with van der Waals surface area (Å²) < 4.78 is 18.4. The van der Waals surface area contributed by atoms with Crippen LogP contribution in [0.25, 0.3) is 0 Å². The Bertz CT molecular complexity index is 644. The number of nitro groups is 1. The fourth-order valence-electron chi connectivity index (χ4n) is 1.66. The van der Waals surface area contributed by atoms with Crippen molar-refractivity contribution in [2.45, 2.75) is 6.92 Å². The van der Waals surface area contributed by atoms with Gasteiger partial charge in [0.1, 0.15) is 17.3 Å². The molecule has 0 aliphatic carbocycles. The van der Waals surface area contributed by atoms with Crippen LogP contribution >= 0.6 is 0 Å². The number of benzene rings is 2. The third-order valence-electron chi connectivity index (χ3n) is 2.57. The number of aryl methyl sites for hydroxylation is 1. The number of nitrogens with two attached hydrogens (primary N) is 1. The Hall–Kier alpha value is -2.63. The van der Waals surface area contributed by atoms with E-state index < -0.39 is 10.7 Å². The van der Waals surface area contributed by atoms with E-state index in [9.17, 15) is 14.5 Å². The molecule has 2 N–H and O–H groups in total. The van der Waals surface area contributed by atoms with Gasteiger partial charge in [-0.1, -0.05) is 6.07 Å². The zero-order chi connectivity index (χ0) is 14.0. The number of nitrogens with zero attached hydrogens (tertiary/aromatic N) is 1. The van der Waals surface area contributed by atoms with Crippen molar-refractivity contribution in [3.63, 3.8) is 0 Å². The van der Waals surface area contributed by atoms with Crippen LogP contribution in [0.1, 0.15) is 5.56 Å². The maximum absolute atomic E-state index is 13.0. The zero-order valence-electron chi connectivity index (χ0n) is 10.1. The minimum Gasteiger partial charge on any atom is -0.450 e. The molecule has 0 fully saturated rings. The number of hydrogen-bond donors (Lipinski definition) is 1. The largest absolute Gasteiger partial charge is 0.450 e. The average molecular weight is 262 g/mol. The van der Waals surface area contributed by atoms with Gasteiger partial charge in [0.15, 0.2) is 0 Å². The van der Waals surface area contributed by atoms with E-state index in [1.807, 2.05) is 0 Å². The second-order valence-corrected chi connectivity index (χ2v) is 3.96. The molecule has 2 aromatic rings. The normalized spacial score (nSPS) is 10.2. The molecule has 0 heterocycles. The molecule has 0 bridgehead atoms. The highest BCUT2D eigenvalue weighted by Gasteiger charge is 2.20. The summed E-state index contributed by atoms with van der Waals surface area (Å²) in [5, 5.41) is 11.0. The SMILES string of the molecule is Cc1cc(F)ccc1Oc1cccc(N)c1[N+](=O)[O-].